The van der Waals surface area contributed by atoms with E-state index in [1.54, 1.807) is 6.07 Å². The van der Waals surface area contributed by atoms with Gasteiger partial charge in [0, 0.05) is 13.6 Å². The third-order valence-corrected chi connectivity index (χ3v) is 1.49. The topological polar surface area (TPSA) is 12.0 Å². The average molecular weight is 121 g/mol. The highest BCUT2D eigenvalue weighted by molar-refractivity contribution is 5.54. The van der Waals surface area contributed by atoms with Gasteiger partial charge in [-0.05, 0) is 18.0 Å². The largest absolute Gasteiger partial charge is 0.384 e. The van der Waals surface area contributed by atoms with Crippen molar-refractivity contribution >= 4 is 5.69 Å². The van der Waals surface area contributed by atoms with Crippen LogP contribution in [0.15, 0.2) is 24.2 Å². The van der Waals surface area contributed by atoms with Crippen molar-refractivity contribution in [2.45, 2.75) is 6.40 Å². The van der Waals surface area contributed by atoms with Gasteiger partial charge in [0.1, 0.15) is 0 Å². The number of nitrogens with one attached hydrogen (secondary N) is 1. The number of para-hydroxylation sites is 1. The number of fused-ring (bicyclic) bond motifs is 1. The van der Waals surface area contributed by atoms with Crippen LogP contribution in [0, 0.1) is 0 Å². The highest BCUT2D eigenvalue weighted by Crippen LogP contribution is 2.19. The van der Waals surface area contributed by atoms with Crippen LogP contribution < -0.4 is 5.32 Å². The minimum Gasteiger partial charge on any atom is -0.384 e. The molecule has 1 nitrogen and oxygen atoms in total. The molecule has 2 rings (SSSR count). The number of rotatable bonds is 0. The van der Waals surface area contributed by atoms with Crippen LogP contribution in [0.2, 0.25) is 0 Å². The predicted molar refractivity (Wildman–Crippen MR) is 38.6 cm³/mol. The van der Waals surface area contributed by atoms with E-state index in [1.807, 2.05) is 12.1 Å². The Morgan fingerprint density at radius 3 is 3.56 bits per heavy atom. The molecule has 0 radical (unpaired) electrons. The van der Waals surface area contributed by atoms with Crippen LogP contribution in [0.1, 0.15) is 8.30 Å². The lowest BCUT2D eigenvalue weighted by atomic mass is 10.2. The maximum absolute atomic E-state index is 7.57. The third-order valence-electron chi connectivity index (χ3n) is 1.49. The molecule has 9 heavy (non-hydrogen) atoms. The van der Waals surface area contributed by atoms with Gasteiger partial charge < -0.3 is 5.32 Å². The first-order valence-electron chi connectivity index (χ1n) is 4.12. The third kappa shape index (κ3) is 0.689. The molecule has 1 aromatic rings. The summed E-state index contributed by atoms with van der Waals surface area (Å²) in [5, 5.41) is 3.08. The van der Waals surface area contributed by atoms with E-state index < -0.39 is 0 Å². The minimum absolute atomic E-state index is 0.251. The summed E-state index contributed by atoms with van der Waals surface area (Å²) in [5.41, 5.74) is 1.80. The standard InChI is InChI=1S/C8H9N/c1-2-4-8-7(3-1)5-6-9-8/h1-4,9H,5-6H2/i3D,5D. The fourth-order valence-corrected chi connectivity index (χ4v) is 1.04. The molecule has 0 saturated carbocycles. The lowest BCUT2D eigenvalue weighted by molar-refractivity contribution is 1.11. The van der Waals surface area contributed by atoms with Crippen LogP contribution in [-0.4, -0.2) is 6.54 Å². The second-order valence-corrected chi connectivity index (χ2v) is 2.08. The van der Waals surface area contributed by atoms with Crippen molar-refractivity contribution in [1.29, 1.82) is 0 Å². The second-order valence-electron chi connectivity index (χ2n) is 2.08. The van der Waals surface area contributed by atoms with Gasteiger partial charge in [0.2, 0.25) is 0 Å². The SMILES string of the molecule is [2H]c1cccc2c1C([2H])CN2. The first-order chi connectivity index (χ1) is 5.29. The summed E-state index contributed by atoms with van der Waals surface area (Å²) in [7, 11) is 0. The van der Waals surface area contributed by atoms with Gasteiger partial charge in [0.15, 0.2) is 0 Å². The molecule has 1 aliphatic heterocycles. The highest BCUT2D eigenvalue weighted by Gasteiger charge is 2.05. The molecule has 1 atom stereocenters. The zero-order chi connectivity index (χ0) is 7.84. The number of anilines is 1. The monoisotopic (exact) mass is 121 g/mol. The smallest absolute Gasteiger partial charge is 0.0626 e. The summed E-state index contributed by atoms with van der Waals surface area (Å²) >= 11 is 0. The Morgan fingerprint density at radius 2 is 2.67 bits per heavy atom. The van der Waals surface area contributed by atoms with Crippen molar-refractivity contribution < 1.29 is 2.74 Å². The molecule has 1 N–H and O–H groups in total. The molecule has 0 saturated heterocycles. The quantitative estimate of drug-likeness (QED) is 0.550. The first kappa shape index (κ1) is 3.25. The summed E-state index contributed by atoms with van der Waals surface area (Å²) in [4.78, 5) is 0. The van der Waals surface area contributed by atoms with Gasteiger partial charge in [-0.1, -0.05) is 18.2 Å². The van der Waals surface area contributed by atoms with Gasteiger partial charge in [-0.2, -0.15) is 0 Å². The zero-order valence-corrected chi connectivity index (χ0v) is 5.02. The normalized spacial score (nSPS) is 26.0. The maximum atomic E-state index is 7.57. The Hall–Kier alpha value is -0.980. The van der Waals surface area contributed by atoms with E-state index in [4.69, 9.17) is 2.74 Å². The fraction of sp³-hybridized carbons (Fsp3) is 0.250. The summed E-state index contributed by atoms with van der Waals surface area (Å²) in [5.74, 6) is 0. The average Bonchev–Trinajstić information content (AvgIpc) is 2.34. The molecule has 0 aliphatic carbocycles. The zero-order valence-electron chi connectivity index (χ0n) is 7.02. The minimum atomic E-state index is -0.251. The Bertz CT molecular complexity index is 285. The molecule has 0 fully saturated rings. The van der Waals surface area contributed by atoms with Gasteiger partial charge in [-0.15, -0.1) is 0 Å². The fourth-order valence-electron chi connectivity index (χ4n) is 1.04. The number of hydrogen-bond donors (Lipinski definition) is 1. The molecule has 0 amide bonds. The summed E-state index contributed by atoms with van der Waals surface area (Å²) in [6, 6.07) is 5.97. The van der Waals surface area contributed by atoms with E-state index in [0.29, 0.717) is 12.6 Å². The molecular weight excluding hydrogens is 110 g/mol. The Morgan fingerprint density at radius 1 is 1.67 bits per heavy atom. The van der Waals surface area contributed by atoms with Crippen LogP contribution in [-0.2, 0) is 6.40 Å². The van der Waals surface area contributed by atoms with Gasteiger partial charge in [-0.3, -0.25) is 0 Å². The molecule has 0 bridgehead atoms. The molecule has 0 aromatic heterocycles. The molecule has 1 heteroatoms. The van der Waals surface area contributed by atoms with Gasteiger partial charge in [0.25, 0.3) is 0 Å². The van der Waals surface area contributed by atoms with Gasteiger partial charge in [-0.25, -0.2) is 0 Å². The maximum Gasteiger partial charge on any atom is 0.0626 e. The van der Waals surface area contributed by atoms with Gasteiger partial charge >= 0.3 is 0 Å². The lowest BCUT2D eigenvalue weighted by Gasteiger charge is -1.94. The van der Waals surface area contributed by atoms with Crippen molar-refractivity contribution in [3.05, 3.63) is 29.8 Å². The van der Waals surface area contributed by atoms with Crippen molar-refractivity contribution in [2.75, 3.05) is 11.9 Å². The van der Waals surface area contributed by atoms with Crippen LogP contribution in [0.5, 0.6) is 0 Å². The summed E-state index contributed by atoms with van der Waals surface area (Å²) < 4.78 is 15.1. The van der Waals surface area contributed by atoms with E-state index in [2.05, 4.69) is 5.32 Å². The van der Waals surface area contributed by atoms with Crippen molar-refractivity contribution in [1.82, 2.24) is 0 Å². The molecule has 1 aromatic carbocycles. The van der Waals surface area contributed by atoms with Crippen molar-refractivity contribution in [3.63, 3.8) is 0 Å². The summed E-state index contributed by atoms with van der Waals surface area (Å²) in [6.07, 6.45) is -0.251. The van der Waals surface area contributed by atoms with E-state index in [1.165, 1.54) is 0 Å². The van der Waals surface area contributed by atoms with Crippen molar-refractivity contribution in [2.24, 2.45) is 0 Å². The molecule has 1 heterocycles. The molecule has 1 unspecified atom stereocenters. The molecule has 46 valence electrons. The van der Waals surface area contributed by atoms with Crippen molar-refractivity contribution in [3.8, 4) is 0 Å². The second kappa shape index (κ2) is 1.76. The number of hydrogen-bond acceptors (Lipinski definition) is 1. The van der Waals surface area contributed by atoms with E-state index in [9.17, 15) is 0 Å². The van der Waals surface area contributed by atoms with Crippen LogP contribution >= 0.6 is 0 Å². The van der Waals surface area contributed by atoms with E-state index >= 15 is 0 Å². The molecule has 1 aliphatic rings. The molecule has 0 spiro atoms. The van der Waals surface area contributed by atoms with Gasteiger partial charge in [0.05, 0.1) is 1.37 Å². The Labute approximate surface area is 57.5 Å². The Kier molecular flexibility index (Phi) is 0.637. The van der Waals surface area contributed by atoms with E-state index in [-0.39, 0.29) is 6.40 Å². The lowest BCUT2D eigenvalue weighted by Crippen LogP contribution is -1.90. The van der Waals surface area contributed by atoms with Crippen LogP contribution in [0.3, 0.4) is 0 Å². The highest BCUT2D eigenvalue weighted by atomic mass is 14.9. The predicted octanol–water partition coefficient (Wildman–Crippen LogP) is 1.65. The molecular formula is C8H9N. The summed E-state index contributed by atoms with van der Waals surface area (Å²) in [6.45, 7) is 0.644. The van der Waals surface area contributed by atoms with Crippen LogP contribution in [0.25, 0.3) is 0 Å². The number of benzene rings is 1. The Balaban J connectivity index is 2.58. The van der Waals surface area contributed by atoms with E-state index in [0.717, 1.165) is 11.3 Å². The first-order valence-corrected chi connectivity index (χ1v) is 3.04. The van der Waals surface area contributed by atoms with Crippen LogP contribution in [0.4, 0.5) is 5.69 Å².